The van der Waals surface area contributed by atoms with Crippen LogP contribution in [-0.4, -0.2) is 21.4 Å². The van der Waals surface area contributed by atoms with Crippen LogP contribution in [0.15, 0.2) is 29.1 Å². The molecule has 0 bridgehead atoms. The first-order valence-corrected chi connectivity index (χ1v) is 9.57. The lowest BCUT2D eigenvalue weighted by Gasteiger charge is -2.29. The van der Waals surface area contributed by atoms with E-state index in [1.54, 1.807) is 0 Å². The summed E-state index contributed by atoms with van der Waals surface area (Å²) in [7, 11) is 0. The molecule has 2 heterocycles. The Labute approximate surface area is 153 Å². The predicted octanol–water partition coefficient (Wildman–Crippen LogP) is 3.25. The maximum atomic E-state index is 12.5. The molecule has 1 aliphatic heterocycles. The van der Waals surface area contributed by atoms with Crippen molar-refractivity contribution in [3.05, 3.63) is 62.8 Å². The molecular formula is C21H24N4O. The molecule has 1 saturated carbocycles. The second-order valence-corrected chi connectivity index (χ2v) is 7.44. The number of hydrogen-bond donors (Lipinski definition) is 1. The van der Waals surface area contributed by atoms with Crippen molar-refractivity contribution >= 4 is 0 Å². The fourth-order valence-electron chi connectivity index (χ4n) is 4.23. The van der Waals surface area contributed by atoms with E-state index in [0.717, 1.165) is 60.6 Å². The van der Waals surface area contributed by atoms with Crippen molar-refractivity contribution < 1.29 is 0 Å². The third kappa shape index (κ3) is 3.42. The number of nitriles is 1. The Morgan fingerprint density at radius 3 is 2.85 bits per heavy atom. The summed E-state index contributed by atoms with van der Waals surface area (Å²) in [6, 6.07) is 10.00. The maximum absolute atomic E-state index is 12.5. The number of hydrogen-bond acceptors (Lipinski definition) is 4. The molecule has 4 rings (SSSR count). The van der Waals surface area contributed by atoms with Crippen LogP contribution >= 0.6 is 0 Å². The zero-order valence-electron chi connectivity index (χ0n) is 15.0. The van der Waals surface area contributed by atoms with Crippen LogP contribution in [0.2, 0.25) is 0 Å². The second kappa shape index (κ2) is 7.43. The topological polar surface area (TPSA) is 72.8 Å². The first-order chi connectivity index (χ1) is 12.7. The Hall–Kier alpha value is -2.45. The zero-order chi connectivity index (χ0) is 17.9. The minimum absolute atomic E-state index is 0.0487. The van der Waals surface area contributed by atoms with Crippen LogP contribution in [0.5, 0.6) is 0 Å². The number of rotatable bonds is 3. The quantitative estimate of drug-likeness (QED) is 0.924. The van der Waals surface area contributed by atoms with Gasteiger partial charge in [-0.1, -0.05) is 37.5 Å². The standard InChI is InChI=1S/C21H24N4O/c22-12-16-8-4-5-9-17(16)13-25-11-10-18-19(14-25)23-20(24-21(18)26)15-6-2-1-3-7-15/h4-5,8-9,15H,1-3,6-7,10-11,13-14H2,(H,23,24,26). The molecule has 2 aliphatic rings. The highest BCUT2D eigenvalue weighted by atomic mass is 16.1. The third-order valence-electron chi connectivity index (χ3n) is 5.69. The molecule has 2 aromatic rings. The van der Waals surface area contributed by atoms with Crippen molar-refractivity contribution in [2.45, 2.75) is 57.5 Å². The SMILES string of the molecule is N#Cc1ccccc1CN1CCc2c(nc(C3CCCCC3)[nH]c2=O)C1. The van der Waals surface area contributed by atoms with Gasteiger partial charge < -0.3 is 4.98 Å². The van der Waals surface area contributed by atoms with E-state index in [0.29, 0.717) is 12.5 Å². The van der Waals surface area contributed by atoms with Crippen molar-refractivity contribution in [2.24, 2.45) is 0 Å². The van der Waals surface area contributed by atoms with E-state index in [1.165, 1.54) is 19.3 Å². The van der Waals surface area contributed by atoms with Gasteiger partial charge in [-0.15, -0.1) is 0 Å². The van der Waals surface area contributed by atoms with E-state index < -0.39 is 0 Å². The number of fused-ring (bicyclic) bond motifs is 1. The highest BCUT2D eigenvalue weighted by Gasteiger charge is 2.24. The molecule has 1 aliphatic carbocycles. The number of nitrogens with one attached hydrogen (secondary N) is 1. The van der Waals surface area contributed by atoms with Crippen molar-refractivity contribution in [1.29, 1.82) is 5.26 Å². The highest BCUT2D eigenvalue weighted by molar-refractivity contribution is 5.37. The van der Waals surface area contributed by atoms with Crippen molar-refractivity contribution in [2.75, 3.05) is 6.54 Å². The summed E-state index contributed by atoms with van der Waals surface area (Å²) < 4.78 is 0. The molecule has 5 nitrogen and oxygen atoms in total. The van der Waals surface area contributed by atoms with Gasteiger partial charge in [0.25, 0.3) is 5.56 Å². The average molecular weight is 348 g/mol. The van der Waals surface area contributed by atoms with Gasteiger partial charge in [-0.2, -0.15) is 5.26 Å². The normalized spacial score (nSPS) is 18.3. The number of benzene rings is 1. The average Bonchev–Trinajstić information content (AvgIpc) is 2.69. The molecule has 0 radical (unpaired) electrons. The lowest BCUT2D eigenvalue weighted by atomic mass is 9.88. The van der Waals surface area contributed by atoms with Crippen LogP contribution in [0.4, 0.5) is 0 Å². The molecule has 1 fully saturated rings. The van der Waals surface area contributed by atoms with Crippen LogP contribution in [0.1, 0.15) is 66.2 Å². The van der Waals surface area contributed by atoms with Gasteiger partial charge in [0.15, 0.2) is 0 Å². The van der Waals surface area contributed by atoms with Gasteiger partial charge in [0.05, 0.1) is 17.3 Å². The minimum atomic E-state index is 0.0487. The van der Waals surface area contributed by atoms with Gasteiger partial charge in [0.2, 0.25) is 0 Å². The van der Waals surface area contributed by atoms with Gasteiger partial charge >= 0.3 is 0 Å². The highest BCUT2D eigenvalue weighted by Crippen LogP contribution is 2.31. The Morgan fingerprint density at radius 1 is 1.23 bits per heavy atom. The Kier molecular flexibility index (Phi) is 4.85. The van der Waals surface area contributed by atoms with E-state index in [9.17, 15) is 10.1 Å². The largest absolute Gasteiger partial charge is 0.310 e. The van der Waals surface area contributed by atoms with Crippen molar-refractivity contribution in [1.82, 2.24) is 14.9 Å². The number of aromatic amines is 1. The number of nitrogens with zero attached hydrogens (tertiary/aromatic N) is 3. The lowest BCUT2D eigenvalue weighted by molar-refractivity contribution is 0.239. The molecule has 0 saturated heterocycles. The Morgan fingerprint density at radius 2 is 2.04 bits per heavy atom. The minimum Gasteiger partial charge on any atom is -0.310 e. The Bertz CT molecular complexity index is 890. The van der Waals surface area contributed by atoms with Gasteiger partial charge in [0.1, 0.15) is 5.82 Å². The van der Waals surface area contributed by atoms with E-state index >= 15 is 0 Å². The first kappa shape index (κ1) is 17.0. The molecule has 1 aromatic heterocycles. The Balaban J connectivity index is 1.56. The molecule has 1 aromatic carbocycles. The summed E-state index contributed by atoms with van der Waals surface area (Å²) in [6.07, 6.45) is 6.71. The van der Waals surface area contributed by atoms with Gasteiger partial charge in [-0.25, -0.2) is 4.98 Å². The molecule has 0 spiro atoms. The summed E-state index contributed by atoms with van der Waals surface area (Å²) in [5, 5.41) is 9.30. The van der Waals surface area contributed by atoms with Crippen LogP contribution in [0.3, 0.4) is 0 Å². The van der Waals surface area contributed by atoms with Crippen molar-refractivity contribution in [3.63, 3.8) is 0 Å². The monoisotopic (exact) mass is 348 g/mol. The van der Waals surface area contributed by atoms with E-state index in [4.69, 9.17) is 4.98 Å². The van der Waals surface area contributed by atoms with Crippen LogP contribution < -0.4 is 5.56 Å². The summed E-state index contributed by atoms with van der Waals surface area (Å²) in [5.41, 5.74) is 3.58. The smallest absolute Gasteiger partial charge is 0.254 e. The van der Waals surface area contributed by atoms with Crippen LogP contribution in [0, 0.1) is 11.3 Å². The van der Waals surface area contributed by atoms with Gasteiger partial charge in [-0.05, 0) is 30.9 Å². The van der Waals surface area contributed by atoms with Crippen LogP contribution in [0.25, 0.3) is 0 Å². The molecule has 0 amide bonds. The molecule has 0 atom stereocenters. The molecule has 5 heteroatoms. The first-order valence-electron chi connectivity index (χ1n) is 9.57. The molecule has 26 heavy (non-hydrogen) atoms. The fraction of sp³-hybridized carbons (Fsp3) is 0.476. The molecular weight excluding hydrogens is 324 g/mol. The second-order valence-electron chi connectivity index (χ2n) is 7.44. The fourth-order valence-corrected chi connectivity index (χ4v) is 4.23. The zero-order valence-corrected chi connectivity index (χ0v) is 15.0. The maximum Gasteiger partial charge on any atom is 0.254 e. The number of aromatic nitrogens is 2. The molecule has 134 valence electrons. The summed E-state index contributed by atoms with van der Waals surface area (Å²) in [6.45, 7) is 2.22. The lowest BCUT2D eigenvalue weighted by Crippen LogP contribution is -2.36. The van der Waals surface area contributed by atoms with E-state index in [1.807, 2.05) is 24.3 Å². The van der Waals surface area contributed by atoms with Gasteiger partial charge in [-0.3, -0.25) is 9.69 Å². The third-order valence-corrected chi connectivity index (χ3v) is 5.69. The molecule has 1 N–H and O–H groups in total. The van der Waals surface area contributed by atoms with Crippen molar-refractivity contribution in [3.8, 4) is 6.07 Å². The summed E-state index contributed by atoms with van der Waals surface area (Å²) in [5.74, 6) is 1.28. The van der Waals surface area contributed by atoms with E-state index in [-0.39, 0.29) is 5.56 Å². The summed E-state index contributed by atoms with van der Waals surface area (Å²) in [4.78, 5) is 22.8. The molecule has 0 unspecified atom stereocenters. The number of H-pyrrole nitrogens is 1. The van der Waals surface area contributed by atoms with Gasteiger partial charge in [0, 0.05) is 31.1 Å². The predicted molar refractivity (Wildman–Crippen MR) is 99.7 cm³/mol. The summed E-state index contributed by atoms with van der Waals surface area (Å²) >= 11 is 0. The van der Waals surface area contributed by atoms with Crippen LogP contribution in [-0.2, 0) is 19.5 Å². The van der Waals surface area contributed by atoms with E-state index in [2.05, 4.69) is 16.0 Å².